The van der Waals surface area contributed by atoms with E-state index in [0.29, 0.717) is 49.0 Å². The maximum Gasteiger partial charge on any atom is 0.257 e. The number of methoxy groups -OCH3 is 1. The largest absolute Gasteiger partial charge is 0.497 e. The number of hydrogen-bond acceptors (Lipinski definition) is 6. The molecule has 1 aliphatic rings. The molecule has 0 atom stereocenters. The summed E-state index contributed by atoms with van der Waals surface area (Å²) in [6.45, 7) is 1.99. The quantitative estimate of drug-likeness (QED) is 0.564. The summed E-state index contributed by atoms with van der Waals surface area (Å²) in [5, 5.41) is 5.02. The molecular weight excluding hydrogens is 452 g/mol. The molecule has 1 aromatic heterocycles. The molecule has 9 heteroatoms. The van der Waals surface area contributed by atoms with E-state index in [2.05, 4.69) is 10.3 Å². The number of aromatic nitrogens is 1. The van der Waals surface area contributed by atoms with Crippen molar-refractivity contribution in [3.8, 4) is 5.75 Å². The number of nitrogens with zero attached hydrogens (tertiary/aromatic N) is 3. The minimum absolute atomic E-state index is 0.0360. The fourth-order valence-electron chi connectivity index (χ4n) is 3.75. The van der Waals surface area contributed by atoms with Crippen LogP contribution >= 0.6 is 11.3 Å². The van der Waals surface area contributed by atoms with E-state index in [-0.39, 0.29) is 24.1 Å². The van der Waals surface area contributed by atoms with E-state index in [4.69, 9.17) is 4.74 Å². The number of amides is 3. The van der Waals surface area contributed by atoms with E-state index in [9.17, 15) is 14.4 Å². The summed E-state index contributed by atoms with van der Waals surface area (Å²) in [5.74, 6) is 0.498. The van der Waals surface area contributed by atoms with Crippen LogP contribution in [0.2, 0.25) is 0 Å². The normalized spacial score (nSPS) is 13.4. The number of piperazine rings is 1. The molecule has 1 saturated heterocycles. The Morgan fingerprint density at radius 2 is 1.62 bits per heavy atom. The Balaban J connectivity index is 1.24. The monoisotopic (exact) mass is 478 g/mol. The predicted octanol–water partition coefficient (Wildman–Crippen LogP) is 2.86. The SMILES string of the molecule is COc1cccc(CC(=O)N2CCN(C(=O)Cc3csc(NC(=O)c4ccccc4)n3)CC2)c1. The highest BCUT2D eigenvalue weighted by Crippen LogP contribution is 2.18. The van der Waals surface area contributed by atoms with Gasteiger partial charge in [-0.25, -0.2) is 4.98 Å². The van der Waals surface area contributed by atoms with Gasteiger partial charge in [0.05, 0.1) is 25.6 Å². The Labute approximate surface area is 202 Å². The predicted molar refractivity (Wildman–Crippen MR) is 130 cm³/mol. The van der Waals surface area contributed by atoms with Gasteiger partial charge in [-0.15, -0.1) is 11.3 Å². The van der Waals surface area contributed by atoms with Crippen LogP contribution < -0.4 is 10.1 Å². The zero-order valence-corrected chi connectivity index (χ0v) is 19.7. The third-order valence-corrected chi connectivity index (χ3v) is 6.42. The van der Waals surface area contributed by atoms with Crippen molar-refractivity contribution in [1.82, 2.24) is 14.8 Å². The first-order chi connectivity index (χ1) is 16.5. The lowest BCUT2D eigenvalue weighted by Crippen LogP contribution is -2.51. The van der Waals surface area contributed by atoms with Crippen LogP contribution in [-0.2, 0) is 22.4 Å². The maximum absolute atomic E-state index is 12.7. The lowest BCUT2D eigenvalue weighted by atomic mass is 10.1. The molecule has 0 unspecified atom stereocenters. The number of ether oxygens (including phenoxy) is 1. The molecule has 1 aliphatic heterocycles. The zero-order valence-electron chi connectivity index (χ0n) is 18.9. The minimum atomic E-state index is -0.234. The first-order valence-electron chi connectivity index (χ1n) is 11.0. The van der Waals surface area contributed by atoms with E-state index in [1.165, 1.54) is 11.3 Å². The van der Waals surface area contributed by atoms with Crippen molar-refractivity contribution in [3.63, 3.8) is 0 Å². The van der Waals surface area contributed by atoms with Crippen molar-refractivity contribution >= 4 is 34.2 Å². The highest BCUT2D eigenvalue weighted by atomic mass is 32.1. The van der Waals surface area contributed by atoms with Gasteiger partial charge in [-0.3, -0.25) is 19.7 Å². The van der Waals surface area contributed by atoms with Crippen LogP contribution in [0.15, 0.2) is 60.0 Å². The van der Waals surface area contributed by atoms with E-state index < -0.39 is 0 Å². The van der Waals surface area contributed by atoms with Crippen molar-refractivity contribution < 1.29 is 19.1 Å². The van der Waals surface area contributed by atoms with Gasteiger partial charge in [0.25, 0.3) is 5.91 Å². The lowest BCUT2D eigenvalue weighted by molar-refractivity contribution is -0.138. The van der Waals surface area contributed by atoms with Gasteiger partial charge in [-0.1, -0.05) is 30.3 Å². The van der Waals surface area contributed by atoms with E-state index in [0.717, 1.165) is 11.3 Å². The number of benzene rings is 2. The number of carbonyl (C=O) groups excluding carboxylic acids is 3. The molecule has 0 saturated carbocycles. The first-order valence-corrected chi connectivity index (χ1v) is 11.9. The fourth-order valence-corrected chi connectivity index (χ4v) is 4.45. The Hall–Kier alpha value is -3.72. The Morgan fingerprint density at radius 3 is 2.29 bits per heavy atom. The molecule has 34 heavy (non-hydrogen) atoms. The zero-order chi connectivity index (χ0) is 23.9. The average Bonchev–Trinajstić information content (AvgIpc) is 3.31. The summed E-state index contributed by atoms with van der Waals surface area (Å²) in [5.41, 5.74) is 2.07. The average molecular weight is 479 g/mol. The maximum atomic E-state index is 12.7. The van der Waals surface area contributed by atoms with Gasteiger partial charge in [0.15, 0.2) is 5.13 Å². The summed E-state index contributed by atoms with van der Waals surface area (Å²) < 4.78 is 5.22. The highest BCUT2D eigenvalue weighted by molar-refractivity contribution is 7.14. The first kappa shape index (κ1) is 23.4. The standard InChI is InChI=1S/C25H26N4O4S/c1-33-21-9-5-6-18(14-21)15-22(30)28-10-12-29(13-11-28)23(31)16-20-17-34-25(26-20)27-24(32)19-7-3-2-4-8-19/h2-9,14,17H,10-13,15-16H2,1H3,(H,26,27,32). The second-order valence-corrected chi connectivity index (χ2v) is 8.79. The number of nitrogens with one attached hydrogen (secondary N) is 1. The Kier molecular flexibility index (Phi) is 7.54. The molecule has 3 amide bonds. The van der Waals surface area contributed by atoms with Crippen LogP contribution in [0.25, 0.3) is 0 Å². The molecule has 4 rings (SSSR count). The lowest BCUT2D eigenvalue weighted by Gasteiger charge is -2.34. The smallest absolute Gasteiger partial charge is 0.257 e. The van der Waals surface area contributed by atoms with Gasteiger partial charge in [0.1, 0.15) is 5.75 Å². The van der Waals surface area contributed by atoms with Crippen molar-refractivity contribution in [3.05, 3.63) is 76.8 Å². The molecule has 2 heterocycles. The van der Waals surface area contributed by atoms with Gasteiger partial charge in [-0.2, -0.15) is 0 Å². The van der Waals surface area contributed by atoms with Crippen LogP contribution in [0.4, 0.5) is 5.13 Å². The summed E-state index contributed by atoms with van der Waals surface area (Å²) >= 11 is 1.29. The van der Waals surface area contributed by atoms with E-state index in [1.54, 1.807) is 46.6 Å². The molecule has 176 valence electrons. The number of hydrogen-bond donors (Lipinski definition) is 1. The van der Waals surface area contributed by atoms with Crippen LogP contribution in [0.5, 0.6) is 5.75 Å². The Morgan fingerprint density at radius 1 is 0.941 bits per heavy atom. The molecule has 8 nitrogen and oxygen atoms in total. The van der Waals surface area contributed by atoms with Gasteiger partial charge in [0, 0.05) is 37.1 Å². The second-order valence-electron chi connectivity index (χ2n) is 7.93. The van der Waals surface area contributed by atoms with Crippen molar-refractivity contribution in [2.45, 2.75) is 12.8 Å². The minimum Gasteiger partial charge on any atom is -0.497 e. The van der Waals surface area contributed by atoms with Crippen LogP contribution in [0.3, 0.4) is 0 Å². The Bertz CT molecular complexity index is 1160. The summed E-state index contributed by atoms with van der Waals surface area (Å²) in [6, 6.07) is 16.4. The third-order valence-electron chi connectivity index (χ3n) is 5.62. The molecule has 0 spiro atoms. The van der Waals surface area contributed by atoms with Crippen LogP contribution in [0.1, 0.15) is 21.6 Å². The van der Waals surface area contributed by atoms with E-state index in [1.807, 2.05) is 30.3 Å². The van der Waals surface area contributed by atoms with Gasteiger partial charge in [-0.05, 0) is 29.8 Å². The summed E-state index contributed by atoms with van der Waals surface area (Å²) in [6.07, 6.45) is 0.469. The van der Waals surface area contributed by atoms with Gasteiger partial charge < -0.3 is 14.5 Å². The highest BCUT2D eigenvalue weighted by Gasteiger charge is 2.25. The van der Waals surface area contributed by atoms with Crippen LogP contribution in [-0.4, -0.2) is 65.8 Å². The molecule has 1 fully saturated rings. The number of anilines is 1. The topological polar surface area (TPSA) is 91.8 Å². The van der Waals surface area contributed by atoms with Gasteiger partial charge >= 0.3 is 0 Å². The fraction of sp³-hybridized carbons (Fsp3) is 0.280. The molecule has 0 aliphatic carbocycles. The van der Waals surface area contributed by atoms with Crippen LogP contribution in [0, 0.1) is 0 Å². The number of carbonyl (C=O) groups is 3. The molecular formula is C25H26N4O4S. The number of thiazole rings is 1. The second kappa shape index (κ2) is 10.9. The summed E-state index contributed by atoms with van der Waals surface area (Å²) in [4.78, 5) is 45.6. The molecule has 1 N–H and O–H groups in total. The third kappa shape index (κ3) is 5.99. The van der Waals surface area contributed by atoms with Crippen molar-refractivity contribution in [2.75, 3.05) is 38.6 Å². The van der Waals surface area contributed by atoms with Gasteiger partial charge in [0.2, 0.25) is 11.8 Å². The van der Waals surface area contributed by atoms with Crippen molar-refractivity contribution in [2.24, 2.45) is 0 Å². The van der Waals surface area contributed by atoms with Crippen molar-refractivity contribution in [1.29, 1.82) is 0 Å². The molecule has 0 bridgehead atoms. The molecule has 2 aromatic carbocycles. The molecule has 0 radical (unpaired) electrons. The molecule has 3 aromatic rings. The van der Waals surface area contributed by atoms with E-state index >= 15 is 0 Å². The number of rotatable bonds is 7. The summed E-state index contributed by atoms with van der Waals surface area (Å²) in [7, 11) is 1.60.